The molecule has 106 valence electrons. The minimum atomic E-state index is -4.58. The third-order valence-electron chi connectivity index (χ3n) is 2.48. The molecule has 0 unspecified atom stereocenters. The Morgan fingerprint density at radius 1 is 1.20 bits per heavy atom. The number of anilines is 3. The van der Waals surface area contributed by atoms with E-state index in [9.17, 15) is 13.2 Å². The van der Waals surface area contributed by atoms with Crippen molar-refractivity contribution in [2.45, 2.75) is 13.1 Å². The first-order chi connectivity index (χ1) is 9.25. The molecule has 0 saturated heterocycles. The second-order valence-corrected chi connectivity index (χ2v) is 4.49. The van der Waals surface area contributed by atoms with Crippen molar-refractivity contribution < 1.29 is 13.2 Å². The van der Waals surface area contributed by atoms with Crippen LogP contribution in [0.15, 0.2) is 24.3 Å². The summed E-state index contributed by atoms with van der Waals surface area (Å²) in [6, 6.07) is 5.78. The van der Waals surface area contributed by atoms with E-state index >= 15 is 0 Å². The second kappa shape index (κ2) is 5.16. The number of nitrogens with zero attached hydrogens (tertiary/aromatic N) is 2. The average Bonchev–Trinajstić information content (AvgIpc) is 2.32. The predicted octanol–water partition coefficient (Wildman–Crippen LogP) is 3.78. The zero-order chi connectivity index (χ0) is 14.9. The Morgan fingerprint density at radius 2 is 1.90 bits per heavy atom. The van der Waals surface area contributed by atoms with Gasteiger partial charge in [-0.05, 0) is 24.6 Å². The fourth-order valence-corrected chi connectivity index (χ4v) is 1.67. The molecule has 4 nitrogen and oxygen atoms in total. The van der Waals surface area contributed by atoms with Crippen LogP contribution in [0.25, 0.3) is 0 Å². The smallest absolute Gasteiger partial charge is 0.368 e. The average molecular weight is 303 g/mol. The van der Waals surface area contributed by atoms with Crippen molar-refractivity contribution in [1.29, 1.82) is 0 Å². The number of nitrogens with two attached hydrogens (primary N) is 1. The molecule has 0 aliphatic heterocycles. The Hall–Kier alpha value is -2.02. The molecule has 3 N–H and O–H groups in total. The predicted molar refractivity (Wildman–Crippen MR) is 70.9 cm³/mol. The van der Waals surface area contributed by atoms with E-state index in [2.05, 4.69) is 15.3 Å². The maximum absolute atomic E-state index is 12.6. The van der Waals surface area contributed by atoms with Crippen LogP contribution in [0.3, 0.4) is 0 Å². The van der Waals surface area contributed by atoms with Crippen LogP contribution >= 0.6 is 11.6 Å². The van der Waals surface area contributed by atoms with Gasteiger partial charge in [0.2, 0.25) is 5.95 Å². The van der Waals surface area contributed by atoms with Gasteiger partial charge in [0.15, 0.2) is 5.69 Å². The molecule has 0 bridgehead atoms. The van der Waals surface area contributed by atoms with E-state index in [0.29, 0.717) is 10.7 Å². The topological polar surface area (TPSA) is 63.8 Å². The van der Waals surface area contributed by atoms with Gasteiger partial charge in [0, 0.05) is 16.8 Å². The van der Waals surface area contributed by atoms with Gasteiger partial charge < -0.3 is 11.1 Å². The van der Waals surface area contributed by atoms with Crippen LogP contribution in [0.4, 0.5) is 30.6 Å². The van der Waals surface area contributed by atoms with Crippen LogP contribution in [-0.2, 0) is 6.18 Å². The van der Waals surface area contributed by atoms with Crippen molar-refractivity contribution in [3.63, 3.8) is 0 Å². The lowest BCUT2D eigenvalue weighted by molar-refractivity contribution is -0.141. The summed E-state index contributed by atoms with van der Waals surface area (Å²) in [7, 11) is 0. The van der Waals surface area contributed by atoms with E-state index in [4.69, 9.17) is 17.3 Å². The molecular weight excluding hydrogens is 293 g/mol. The van der Waals surface area contributed by atoms with E-state index in [-0.39, 0.29) is 5.82 Å². The summed E-state index contributed by atoms with van der Waals surface area (Å²) >= 11 is 5.94. The first-order valence-corrected chi connectivity index (χ1v) is 5.88. The van der Waals surface area contributed by atoms with Gasteiger partial charge in [-0.3, -0.25) is 0 Å². The lowest BCUT2D eigenvalue weighted by atomic mass is 10.2. The Balaban J connectivity index is 2.33. The largest absolute Gasteiger partial charge is 0.433 e. The lowest BCUT2D eigenvalue weighted by Gasteiger charge is -2.11. The Bertz CT molecular complexity index is 643. The maximum atomic E-state index is 12.6. The zero-order valence-electron chi connectivity index (χ0n) is 10.3. The lowest BCUT2D eigenvalue weighted by Crippen LogP contribution is -2.12. The molecule has 20 heavy (non-hydrogen) atoms. The maximum Gasteiger partial charge on any atom is 0.433 e. The van der Waals surface area contributed by atoms with E-state index in [1.54, 1.807) is 18.2 Å². The monoisotopic (exact) mass is 302 g/mol. The van der Waals surface area contributed by atoms with Crippen LogP contribution in [0.5, 0.6) is 0 Å². The summed E-state index contributed by atoms with van der Waals surface area (Å²) in [6.07, 6.45) is -4.58. The van der Waals surface area contributed by atoms with Crippen LogP contribution in [0.2, 0.25) is 5.02 Å². The summed E-state index contributed by atoms with van der Waals surface area (Å²) < 4.78 is 37.8. The molecule has 0 aliphatic rings. The number of aryl methyl sites for hydroxylation is 1. The first-order valence-electron chi connectivity index (χ1n) is 5.50. The Labute approximate surface area is 117 Å². The minimum Gasteiger partial charge on any atom is -0.368 e. The van der Waals surface area contributed by atoms with Gasteiger partial charge in [-0.25, -0.2) is 4.98 Å². The number of nitrogen functional groups attached to an aromatic ring is 1. The van der Waals surface area contributed by atoms with Crippen molar-refractivity contribution in [3.8, 4) is 0 Å². The van der Waals surface area contributed by atoms with Crippen LogP contribution in [0.1, 0.15) is 11.3 Å². The first kappa shape index (κ1) is 14.4. The zero-order valence-corrected chi connectivity index (χ0v) is 11.0. The molecule has 0 radical (unpaired) electrons. The number of hydrogen-bond donors (Lipinski definition) is 2. The van der Waals surface area contributed by atoms with Crippen molar-refractivity contribution in [3.05, 3.63) is 40.5 Å². The van der Waals surface area contributed by atoms with Gasteiger partial charge in [0.25, 0.3) is 0 Å². The molecule has 0 aliphatic carbocycles. The summed E-state index contributed by atoms with van der Waals surface area (Å²) in [5.41, 5.74) is 5.53. The molecule has 0 fully saturated rings. The van der Waals surface area contributed by atoms with Crippen molar-refractivity contribution in [2.24, 2.45) is 0 Å². The van der Waals surface area contributed by atoms with Crippen molar-refractivity contribution >= 4 is 29.1 Å². The fourth-order valence-electron chi connectivity index (χ4n) is 1.49. The number of halogens is 4. The molecule has 8 heteroatoms. The summed E-state index contributed by atoms with van der Waals surface area (Å²) in [6.45, 7) is 1.82. The number of hydrogen-bond acceptors (Lipinski definition) is 4. The number of alkyl halides is 3. The number of nitrogens with one attached hydrogen (secondary N) is 1. The second-order valence-electron chi connectivity index (χ2n) is 4.08. The third-order valence-corrected chi connectivity index (χ3v) is 2.89. The highest BCUT2D eigenvalue weighted by atomic mass is 35.5. The molecule has 2 aromatic rings. The molecule has 2 rings (SSSR count). The highest BCUT2D eigenvalue weighted by Crippen LogP contribution is 2.30. The Kier molecular flexibility index (Phi) is 3.71. The van der Waals surface area contributed by atoms with E-state index in [0.717, 1.165) is 11.6 Å². The fraction of sp³-hybridized carbons (Fsp3) is 0.167. The van der Waals surface area contributed by atoms with Crippen molar-refractivity contribution in [2.75, 3.05) is 11.1 Å². The minimum absolute atomic E-state index is 0.0512. The van der Waals surface area contributed by atoms with Gasteiger partial charge in [-0.15, -0.1) is 0 Å². The molecule has 1 heterocycles. The van der Waals surface area contributed by atoms with Crippen LogP contribution < -0.4 is 11.1 Å². The Morgan fingerprint density at radius 3 is 2.50 bits per heavy atom. The van der Waals surface area contributed by atoms with Crippen molar-refractivity contribution in [1.82, 2.24) is 9.97 Å². The standard InChI is InChI=1S/C12H10ClF3N4/c1-6-2-3-7(4-8(6)13)18-10-5-9(12(14,15)16)19-11(17)20-10/h2-5H,1H3,(H3,17,18,19,20). The van der Waals surface area contributed by atoms with E-state index in [1.807, 2.05) is 6.92 Å². The molecular formula is C12H10ClF3N4. The highest BCUT2D eigenvalue weighted by molar-refractivity contribution is 6.31. The number of benzene rings is 1. The molecule has 0 atom stereocenters. The van der Waals surface area contributed by atoms with Gasteiger partial charge in [0.05, 0.1) is 0 Å². The molecule has 0 amide bonds. The number of aromatic nitrogens is 2. The quantitative estimate of drug-likeness (QED) is 0.886. The SMILES string of the molecule is Cc1ccc(Nc2cc(C(F)(F)F)nc(N)n2)cc1Cl. The normalized spacial score (nSPS) is 11.4. The van der Waals surface area contributed by atoms with Crippen LogP contribution in [0, 0.1) is 6.92 Å². The summed E-state index contributed by atoms with van der Waals surface area (Å²) in [5.74, 6) is -0.509. The molecule has 1 aromatic carbocycles. The van der Waals surface area contributed by atoms with Gasteiger partial charge in [0.1, 0.15) is 5.82 Å². The molecule has 1 aromatic heterocycles. The van der Waals surface area contributed by atoms with Crippen LogP contribution in [-0.4, -0.2) is 9.97 Å². The molecule has 0 spiro atoms. The van der Waals surface area contributed by atoms with Gasteiger partial charge >= 0.3 is 6.18 Å². The highest BCUT2D eigenvalue weighted by Gasteiger charge is 2.33. The van der Waals surface area contributed by atoms with E-state index < -0.39 is 17.8 Å². The molecule has 0 saturated carbocycles. The summed E-state index contributed by atoms with van der Waals surface area (Å²) in [5, 5.41) is 3.20. The van der Waals surface area contributed by atoms with E-state index in [1.165, 1.54) is 0 Å². The third kappa shape index (κ3) is 3.30. The summed E-state index contributed by atoms with van der Waals surface area (Å²) in [4.78, 5) is 6.86. The number of rotatable bonds is 2. The van der Waals surface area contributed by atoms with Gasteiger partial charge in [-0.2, -0.15) is 18.2 Å². The van der Waals surface area contributed by atoms with Gasteiger partial charge in [-0.1, -0.05) is 17.7 Å².